The molecule has 2 atom stereocenters. The number of methoxy groups -OCH3 is 1. The minimum atomic E-state index is -0.930. The Morgan fingerprint density at radius 1 is 1.27 bits per heavy atom. The summed E-state index contributed by atoms with van der Waals surface area (Å²) in [6.45, 7) is 4.96. The predicted octanol–water partition coefficient (Wildman–Crippen LogP) is 2.19. The Morgan fingerprint density at radius 3 is 2.58 bits per heavy atom. The van der Waals surface area contributed by atoms with Crippen molar-refractivity contribution >= 4 is 11.9 Å². The first kappa shape index (κ1) is 20.0. The van der Waals surface area contributed by atoms with Crippen LogP contribution in [0, 0.1) is 5.92 Å². The summed E-state index contributed by atoms with van der Waals surface area (Å²) in [5.41, 5.74) is 0. The van der Waals surface area contributed by atoms with Crippen molar-refractivity contribution in [3.05, 3.63) is 24.3 Å². The van der Waals surface area contributed by atoms with Gasteiger partial charge in [0.1, 0.15) is 11.5 Å². The van der Waals surface area contributed by atoms with Crippen LogP contribution >= 0.6 is 0 Å². The molecule has 0 spiro atoms. The van der Waals surface area contributed by atoms with Gasteiger partial charge in [-0.05, 0) is 24.5 Å². The van der Waals surface area contributed by atoms with Gasteiger partial charge in [-0.25, -0.2) is 0 Å². The van der Waals surface area contributed by atoms with Gasteiger partial charge >= 0.3 is 5.97 Å². The van der Waals surface area contributed by atoms with Gasteiger partial charge in [0.2, 0.25) is 0 Å². The van der Waals surface area contributed by atoms with Crippen LogP contribution < -0.4 is 9.47 Å². The van der Waals surface area contributed by atoms with Gasteiger partial charge < -0.3 is 24.2 Å². The first-order valence-electron chi connectivity index (χ1n) is 8.78. The fourth-order valence-electron chi connectivity index (χ4n) is 2.89. The van der Waals surface area contributed by atoms with E-state index in [1.54, 1.807) is 30.2 Å². The van der Waals surface area contributed by atoms with Crippen molar-refractivity contribution in [1.82, 2.24) is 4.90 Å². The molecule has 1 saturated heterocycles. The summed E-state index contributed by atoms with van der Waals surface area (Å²) in [6.07, 6.45) is 0.285. The average Bonchev–Trinajstić information content (AvgIpc) is 3.00. The number of hydrogen-bond donors (Lipinski definition) is 1. The van der Waals surface area contributed by atoms with E-state index in [0.29, 0.717) is 37.0 Å². The number of rotatable bonds is 9. The highest BCUT2D eigenvalue weighted by molar-refractivity contribution is 5.79. The first-order chi connectivity index (χ1) is 12.4. The molecule has 1 N–H and O–H groups in total. The number of carboxylic acid groups (broad SMARTS) is 1. The zero-order chi connectivity index (χ0) is 19.1. The Balaban J connectivity index is 1.92. The van der Waals surface area contributed by atoms with E-state index in [0.717, 1.165) is 0 Å². The quantitative estimate of drug-likeness (QED) is 0.722. The third kappa shape index (κ3) is 5.91. The van der Waals surface area contributed by atoms with Crippen molar-refractivity contribution in [3.8, 4) is 11.5 Å². The molecule has 1 aliphatic heterocycles. The number of amides is 1. The van der Waals surface area contributed by atoms with E-state index in [4.69, 9.17) is 19.3 Å². The highest BCUT2D eigenvalue weighted by Crippen LogP contribution is 2.24. The molecule has 0 radical (unpaired) electrons. The van der Waals surface area contributed by atoms with Crippen molar-refractivity contribution in [3.63, 3.8) is 0 Å². The summed E-state index contributed by atoms with van der Waals surface area (Å²) in [5.74, 6) is 0.464. The first-order valence-corrected chi connectivity index (χ1v) is 8.78. The Morgan fingerprint density at radius 2 is 1.96 bits per heavy atom. The van der Waals surface area contributed by atoms with Crippen LogP contribution in [0.2, 0.25) is 0 Å². The van der Waals surface area contributed by atoms with E-state index < -0.39 is 5.97 Å². The van der Waals surface area contributed by atoms with Gasteiger partial charge in [-0.1, -0.05) is 19.9 Å². The predicted molar refractivity (Wildman–Crippen MR) is 95.4 cm³/mol. The zero-order valence-corrected chi connectivity index (χ0v) is 15.5. The van der Waals surface area contributed by atoms with Gasteiger partial charge in [0.15, 0.2) is 6.61 Å². The lowest BCUT2D eigenvalue weighted by Crippen LogP contribution is -2.40. The topological polar surface area (TPSA) is 85.3 Å². The van der Waals surface area contributed by atoms with Gasteiger partial charge in [-0.2, -0.15) is 0 Å². The van der Waals surface area contributed by atoms with E-state index in [1.165, 1.54) is 0 Å². The molecular formula is C19H27NO6. The van der Waals surface area contributed by atoms with Crippen LogP contribution in [0.25, 0.3) is 0 Å². The highest BCUT2D eigenvalue weighted by Gasteiger charge is 2.36. The Bertz CT molecular complexity index is 618. The summed E-state index contributed by atoms with van der Waals surface area (Å²) in [5, 5.41) is 9.04. The van der Waals surface area contributed by atoms with Crippen molar-refractivity contribution in [2.24, 2.45) is 5.92 Å². The molecule has 0 aliphatic carbocycles. The number of carboxylic acids is 1. The van der Waals surface area contributed by atoms with E-state index >= 15 is 0 Å². The summed E-state index contributed by atoms with van der Waals surface area (Å²) in [6, 6.07) is 6.77. The average molecular weight is 365 g/mol. The van der Waals surface area contributed by atoms with Gasteiger partial charge in [-0.15, -0.1) is 0 Å². The number of hydrogen-bond acceptors (Lipinski definition) is 5. The minimum Gasteiger partial charge on any atom is -0.493 e. The van der Waals surface area contributed by atoms with Crippen LogP contribution in [0.5, 0.6) is 11.5 Å². The highest BCUT2D eigenvalue weighted by atomic mass is 16.5. The second kappa shape index (κ2) is 9.43. The SMILES string of the molecule is COC1CC(CC(=O)O)N(C(=O)COc2cccc(OCC(C)C)c2)C1. The molecule has 0 saturated carbocycles. The Hall–Kier alpha value is -2.28. The maximum atomic E-state index is 12.5. The molecule has 1 aromatic rings. The third-order valence-corrected chi connectivity index (χ3v) is 4.19. The van der Waals surface area contributed by atoms with Crippen molar-refractivity contribution in [2.75, 3.05) is 26.9 Å². The monoisotopic (exact) mass is 365 g/mol. The van der Waals surface area contributed by atoms with Gasteiger partial charge in [-0.3, -0.25) is 9.59 Å². The molecule has 1 fully saturated rings. The maximum absolute atomic E-state index is 12.5. The lowest BCUT2D eigenvalue weighted by Gasteiger charge is -2.23. The number of ether oxygens (including phenoxy) is 3. The number of aliphatic carboxylic acids is 1. The number of carbonyl (C=O) groups is 2. The number of likely N-dealkylation sites (tertiary alicyclic amines) is 1. The second-order valence-corrected chi connectivity index (χ2v) is 6.86. The molecule has 7 heteroatoms. The van der Waals surface area contributed by atoms with E-state index in [-0.39, 0.29) is 31.1 Å². The standard InChI is InChI=1S/C19H27NO6/c1-13(2)11-25-15-5-4-6-16(9-15)26-12-18(21)20-10-17(24-3)7-14(20)8-19(22)23/h4-6,9,13-14,17H,7-8,10-12H2,1-3H3,(H,22,23). The summed E-state index contributed by atoms with van der Waals surface area (Å²) >= 11 is 0. The molecule has 1 heterocycles. The van der Waals surface area contributed by atoms with Crippen LogP contribution in [0.1, 0.15) is 26.7 Å². The second-order valence-electron chi connectivity index (χ2n) is 6.86. The maximum Gasteiger partial charge on any atom is 0.305 e. The molecule has 1 amide bonds. The molecular weight excluding hydrogens is 338 g/mol. The number of benzene rings is 1. The summed E-state index contributed by atoms with van der Waals surface area (Å²) in [4.78, 5) is 25.1. The van der Waals surface area contributed by atoms with Crippen LogP contribution in [-0.4, -0.2) is 60.9 Å². The molecule has 1 aliphatic rings. The number of nitrogens with zero attached hydrogens (tertiary/aromatic N) is 1. The lowest BCUT2D eigenvalue weighted by atomic mass is 10.1. The lowest BCUT2D eigenvalue weighted by molar-refractivity contribution is -0.140. The molecule has 0 aromatic heterocycles. The van der Waals surface area contributed by atoms with Crippen molar-refractivity contribution in [1.29, 1.82) is 0 Å². The zero-order valence-electron chi connectivity index (χ0n) is 15.5. The van der Waals surface area contributed by atoms with E-state index in [2.05, 4.69) is 13.8 Å². The minimum absolute atomic E-state index is 0.0931. The molecule has 1 aromatic carbocycles. The fourth-order valence-corrected chi connectivity index (χ4v) is 2.89. The molecule has 7 nitrogen and oxygen atoms in total. The molecule has 2 rings (SSSR count). The van der Waals surface area contributed by atoms with Crippen LogP contribution in [-0.2, 0) is 14.3 Å². The van der Waals surface area contributed by atoms with Crippen molar-refractivity contribution in [2.45, 2.75) is 38.8 Å². The van der Waals surface area contributed by atoms with Gasteiger partial charge in [0.25, 0.3) is 5.91 Å². The molecule has 26 heavy (non-hydrogen) atoms. The van der Waals surface area contributed by atoms with E-state index in [1.807, 2.05) is 6.07 Å². The van der Waals surface area contributed by atoms with Gasteiger partial charge in [0, 0.05) is 25.8 Å². The fraction of sp³-hybridized carbons (Fsp3) is 0.579. The summed E-state index contributed by atoms with van der Waals surface area (Å²) < 4.78 is 16.5. The van der Waals surface area contributed by atoms with Gasteiger partial charge in [0.05, 0.1) is 19.1 Å². The van der Waals surface area contributed by atoms with Crippen LogP contribution in [0.15, 0.2) is 24.3 Å². The van der Waals surface area contributed by atoms with Crippen LogP contribution in [0.3, 0.4) is 0 Å². The van der Waals surface area contributed by atoms with Crippen LogP contribution in [0.4, 0.5) is 0 Å². The Kier molecular flexibility index (Phi) is 7.26. The largest absolute Gasteiger partial charge is 0.493 e. The van der Waals surface area contributed by atoms with Crippen molar-refractivity contribution < 1.29 is 28.9 Å². The molecule has 144 valence electrons. The number of carbonyl (C=O) groups excluding carboxylic acids is 1. The van der Waals surface area contributed by atoms with E-state index in [9.17, 15) is 9.59 Å². The molecule has 2 unspecified atom stereocenters. The summed E-state index contributed by atoms with van der Waals surface area (Å²) in [7, 11) is 1.57. The normalized spacial score (nSPS) is 19.6. The Labute approximate surface area is 153 Å². The smallest absolute Gasteiger partial charge is 0.305 e. The third-order valence-electron chi connectivity index (χ3n) is 4.19. The molecule has 0 bridgehead atoms.